The van der Waals surface area contributed by atoms with Crippen molar-refractivity contribution in [1.29, 1.82) is 0 Å². The summed E-state index contributed by atoms with van der Waals surface area (Å²) in [5.41, 5.74) is 16.2. The minimum Gasteiger partial charge on any atom is -0.455 e. The van der Waals surface area contributed by atoms with Crippen LogP contribution in [-0.2, 0) is 6.42 Å². The predicted molar refractivity (Wildman–Crippen MR) is 204 cm³/mol. The summed E-state index contributed by atoms with van der Waals surface area (Å²) in [6, 6.07) is 64.0. The van der Waals surface area contributed by atoms with Gasteiger partial charge in [0, 0.05) is 22.3 Å². The second-order valence-corrected chi connectivity index (χ2v) is 13.2. The van der Waals surface area contributed by atoms with Crippen molar-refractivity contribution >= 4 is 32.7 Å². The molecule has 0 saturated carbocycles. The van der Waals surface area contributed by atoms with Crippen molar-refractivity contribution in [1.82, 2.24) is 0 Å². The van der Waals surface area contributed by atoms with Gasteiger partial charge in [0.15, 0.2) is 0 Å². The van der Waals surface area contributed by atoms with Crippen LogP contribution in [0, 0.1) is 0 Å². The van der Waals surface area contributed by atoms with Gasteiger partial charge in [-0.25, -0.2) is 0 Å². The molecule has 1 unspecified atom stereocenters. The summed E-state index contributed by atoms with van der Waals surface area (Å²) in [4.78, 5) is 0. The molecule has 0 aliphatic heterocycles. The molecule has 0 bridgehead atoms. The fourth-order valence-corrected chi connectivity index (χ4v) is 8.26. The van der Waals surface area contributed by atoms with Gasteiger partial charge in [-0.1, -0.05) is 164 Å². The van der Waals surface area contributed by atoms with Gasteiger partial charge in [0.25, 0.3) is 0 Å². The molecule has 10 rings (SSSR count). The quantitative estimate of drug-likeness (QED) is 0.174. The SMILES string of the molecule is c1ccc(-c2ccc(C(c3ccccc3)c3cccc4c3Cc3c-4cc4ccccc4c3-c3cccc4c3oc3ccccc34)cc2)cc1. The van der Waals surface area contributed by atoms with Gasteiger partial charge in [-0.05, 0) is 85.0 Å². The smallest absolute Gasteiger partial charge is 0.143 e. The van der Waals surface area contributed by atoms with Gasteiger partial charge in [0.1, 0.15) is 11.2 Å². The summed E-state index contributed by atoms with van der Waals surface area (Å²) in [5, 5.41) is 4.83. The minimum absolute atomic E-state index is 0.104. The largest absolute Gasteiger partial charge is 0.455 e. The Bertz CT molecular complexity index is 2660. The van der Waals surface area contributed by atoms with Crippen molar-refractivity contribution in [3.63, 3.8) is 0 Å². The van der Waals surface area contributed by atoms with E-state index in [1.807, 2.05) is 0 Å². The maximum Gasteiger partial charge on any atom is 0.143 e. The van der Waals surface area contributed by atoms with Crippen LogP contribution in [0.3, 0.4) is 0 Å². The third-order valence-corrected chi connectivity index (χ3v) is 10.5. The number of benzene rings is 8. The molecule has 1 aromatic heterocycles. The Hall–Kier alpha value is -6.18. The van der Waals surface area contributed by atoms with Gasteiger partial charge in [0.2, 0.25) is 0 Å². The van der Waals surface area contributed by atoms with E-state index in [-0.39, 0.29) is 5.92 Å². The Balaban J connectivity index is 1.18. The average molecular weight is 625 g/mol. The van der Waals surface area contributed by atoms with Gasteiger partial charge < -0.3 is 4.42 Å². The van der Waals surface area contributed by atoms with E-state index in [1.54, 1.807) is 0 Å². The molecule has 0 amide bonds. The molecular weight excluding hydrogens is 593 g/mol. The first-order chi connectivity index (χ1) is 24.3. The Morgan fingerprint density at radius 1 is 0.429 bits per heavy atom. The lowest BCUT2D eigenvalue weighted by Gasteiger charge is -2.22. The molecule has 9 aromatic rings. The maximum absolute atomic E-state index is 6.64. The average Bonchev–Trinajstić information content (AvgIpc) is 3.74. The topological polar surface area (TPSA) is 13.1 Å². The molecule has 49 heavy (non-hydrogen) atoms. The molecule has 0 spiro atoms. The first-order valence-corrected chi connectivity index (χ1v) is 17.1. The highest BCUT2D eigenvalue weighted by Gasteiger charge is 2.30. The van der Waals surface area contributed by atoms with Gasteiger partial charge in [-0.3, -0.25) is 0 Å². The Morgan fingerprint density at radius 2 is 1.06 bits per heavy atom. The van der Waals surface area contributed by atoms with Crippen molar-refractivity contribution in [2.75, 3.05) is 0 Å². The number of hydrogen-bond donors (Lipinski definition) is 0. The van der Waals surface area contributed by atoms with Crippen LogP contribution in [0.5, 0.6) is 0 Å². The molecule has 1 heterocycles. The van der Waals surface area contributed by atoms with Crippen molar-refractivity contribution in [2.45, 2.75) is 12.3 Å². The van der Waals surface area contributed by atoms with Crippen LogP contribution in [0.15, 0.2) is 180 Å². The van der Waals surface area contributed by atoms with Crippen LogP contribution in [0.25, 0.3) is 66.1 Å². The second-order valence-electron chi connectivity index (χ2n) is 13.2. The zero-order valence-corrected chi connectivity index (χ0v) is 26.9. The van der Waals surface area contributed by atoms with Crippen LogP contribution >= 0.6 is 0 Å². The van der Waals surface area contributed by atoms with E-state index in [0.29, 0.717) is 0 Å². The molecule has 0 saturated heterocycles. The molecule has 0 N–H and O–H groups in total. The summed E-state index contributed by atoms with van der Waals surface area (Å²) < 4.78 is 6.64. The van der Waals surface area contributed by atoms with Crippen molar-refractivity contribution in [3.8, 4) is 33.4 Å². The van der Waals surface area contributed by atoms with Gasteiger partial charge in [0.05, 0.1) is 0 Å². The summed E-state index contributed by atoms with van der Waals surface area (Å²) in [5.74, 6) is 0.104. The van der Waals surface area contributed by atoms with E-state index >= 15 is 0 Å². The Morgan fingerprint density at radius 3 is 1.90 bits per heavy atom. The Labute approximate surface area is 285 Å². The molecule has 1 heteroatoms. The number of hydrogen-bond acceptors (Lipinski definition) is 1. The van der Waals surface area contributed by atoms with Gasteiger partial charge in [-0.15, -0.1) is 0 Å². The standard InChI is InChI=1S/C48H32O/c1-3-13-31(14-4-1)32-25-27-34(28-26-32)46(33-15-5-2-6-16-33)39-21-11-20-37-42-29-35-17-7-8-18-36(35)47(44(42)30-43(37)39)41-23-12-22-40-38-19-9-10-24-45(38)49-48(40)41/h1-29,46H,30H2. The van der Waals surface area contributed by atoms with Crippen molar-refractivity contribution < 1.29 is 4.42 Å². The molecule has 0 fully saturated rings. The lowest BCUT2D eigenvalue weighted by atomic mass is 9.81. The lowest BCUT2D eigenvalue weighted by molar-refractivity contribution is 0.670. The minimum atomic E-state index is 0.104. The molecule has 8 aromatic carbocycles. The lowest BCUT2D eigenvalue weighted by Crippen LogP contribution is -2.06. The monoisotopic (exact) mass is 624 g/mol. The first-order valence-electron chi connectivity index (χ1n) is 17.1. The molecule has 1 aliphatic rings. The van der Waals surface area contributed by atoms with Gasteiger partial charge in [-0.2, -0.15) is 0 Å². The number of rotatable bonds is 5. The summed E-state index contributed by atoms with van der Waals surface area (Å²) >= 11 is 0. The zero-order valence-electron chi connectivity index (χ0n) is 26.9. The van der Waals surface area contributed by atoms with Gasteiger partial charge >= 0.3 is 0 Å². The Kier molecular flexibility index (Phi) is 6.38. The van der Waals surface area contributed by atoms with E-state index < -0.39 is 0 Å². The molecule has 1 atom stereocenters. The van der Waals surface area contributed by atoms with Crippen molar-refractivity contribution in [3.05, 3.63) is 204 Å². The molecule has 1 nitrogen and oxygen atoms in total. The van der Waals surface area contributed by atoms with Crippen LogP contribution in [0.4, 0.5) is 0 Å². The highest BCUT2D eigenvalue weighted by Crippen LogP contribution is 2.50. The molecular formula is C48H32O. The summed E-state index contributed by atoms with van der Waals surface area (Å²) in [6.45, 7) is 0. The summed E-state index contributed by atoms with van der Waals surface area (Å²) in [7, 11) is 0. The number of furan rings is 1. The van der Waals surface area contributed by atoms with Crippen molar-refractivity contribution in [2.24, 2.45) is 0 Å². The first kappa shape index (κ1) is 27.9. The van der Waals surface area contributed by atoms with E-state index in [0.717, 1.165) is 33.9 Å². The fraction of sp³-hybridized carbons (Fsp3) is 0.0417. The molecule has 1 aliphatic carbocycles. The molecule has 0 radical (unpaired) electrons. The van der Waals surface area contributed by atoms with E-state index in [4.69, 9.17) is 4.42 Å². The van der Waals surface area contributed by atoms with Crippen LogP contribution in [-0.4, -0.2) is 0 Å². The predicted octanol–water partition coefficient (Wildman–Crippen LogP) is 12.8. The number of para-hydroxylation sites is 2. The maximum atomic E-state index is 6.64. The third-order valence-electron chi connectivity index (χ3n) is 10.5. The van der Waals surface area contributed by atoms with Crippen LogP contribution in [0.1, 0.15) is 33.7 Å². The van der Waals surface area contributed by atoms with E-state index in [9.17, 15) is 0 Å². The highest BCUT2D eigenvalue weighted by molar-refractivity contribution is 6.14. The van der Waals surface area contributed by atoms with Crippen LogP contribution < -0.4 is 0 Å². The zero-order chi connectivity index (χ0) is 32.3. The number of fused-ring (bicyclic) bond motifs is 7. The third kappa shape index (κ3) is 4.47. The highest BCUT2D eigenvalue weighted by atomic mass is 16.3. The normalized spacial score (nSPS) is 12.7. The fourth-order valence-electron chi connectivity index (χ4n) is 8.26. The second kappa shape index (κ2) is 11.2. The van der Waals surface area contributed by atoms with E-state index in [2.05, 4.69) is 176 Å². The van der Waals surface area contributed by atoms with Crippen LogP contribution in [0.2, 0.25) is 0 Å². The summed E-state index contributed by atoms with van der Waals surface area (Å²) in [6.07, 6.45) is 0.864. The van der Waals surface area contributed by atoms with E-state index in [1.165, 1.54) is 66.4 Å². The molecule has 230 valence electrons.